The van der Waals surface area contributed by atoms with Gasteiger partial charge in [-0.3, -0.25) is 0 Å². The third-order valence-corrected chi connectivity index (χ3v) is 3.85. The van der Waals surface area contributed by atoms with Gasteiger partial charge in [0.1, 0.15) is 11.5 Å². The third kappa shape index (κ3) is 2.26. The highest BCUT2D eigenvalue weighted by atomic mass is 16.5. The van der Waals surface area contributed by atoms with E-state index in [1.165, 1.54) is 11.1 Å². The highest BCUT2D eigenvalue weighted by molar-refractivity contribution is 5.55. The first-order chi connectivity index (χ1) is 9.66. The van der Waals surface area contributed by atoms with Crippen molar-refractivity contribution in [1.29, 1.82) is 0 Å². The number of phenolic OH excluding ortho intramolecular Hbond substituents is 1. The number of ether oxygens (including phenoxy) is 1. The lowest BCUT2D eigenvalue weighted by atomic mass is 9.90. The van der Waals surface area contributed by atoms with Gasteiger partial charge in [0.2, 0.25) is 0 Å². The van der Waals surface area contributed by atoms with Crippen LogP contribution in [0.25, 0.3) is 0 Å². The maximum Gasteiger partial charge on any atom is 0.130 e. The summed E-state index contributed by atoms with van der Waals surface area (Å²) >= 11 is 0. The Morgan fingerprint density at radius 3 is 2.60 bits per heavy atom. The van der Waals surface area contributed by atoms with E-state index in [0.29, 0.717) is 18.3 Å². The van der Waals surface area contributed by atoms with E-state index in [1.807, 2.05) is 12.1 Å². The maximum atomic E-state index is 10.1. The van der Waals surface area contributed by atoms with Crippen molar-refractivity contribution in [2.24, 2.45) is 5.92 Å². The molecule has 0 aromatic heterocycles. The average molecular weight is 268 g/mol. The van der Waals surface area contributed by atoms with Gasteiger partial charge in [0, 0.05) is 17.0 Å². The molecule has 0 saturated heterocycles. The summed E-state index contributed by atoms with van der Waals surface area (Å²) in [6.45, 7) is 4.97. The van der Waals surface area contributed by atoms with E-state index >= 15 is 0 Å². The standard InChI is InChI=1S/C18H20O2/c1-12(2)10-15-17(19)9-8-14-16(11-20-18(14)15)13-6-4-3-5-7-13/h3-9,12,16,19H,10-11H2,1-2H3. The highest BCUT2D eigenvalue weighted by Gasteiger charge is 2.29. The van der Waals surface area contributed by atoms with Crippen molar-refractivity contribution in [3.05, 3.63) is 59.2 Å². The SMILES string of the molecule is CC(C)Cc1c(O)ccc2c1OCC2c1ccccc1. The van der Waals surface area contributed by atoms with Crippen LogP contribution in [0.1, 0.15) is 36.5 Å². The molecule has 2 aromatic rings. The van der Waals surface area contributed by atoms with Gasteiger partial charge in [-0.1, -0.05) is 50.2 Å². The first-order valence-corrected chi connectivity index (χ1v) is 7.19. The second-order valence-electron chi connectivity index (χ2n) is 5.85. The van der Waals surface area contributed by atoms with Gasteiger partial charge in [-0.15, -0.1) is 0 Å². The second kappa shape index (κ2) is 5.20. The van der Waals surface area contributed by atoms with E-state index in [4.69, 9.17) is 4.74 Å². The predicted octanol–water partition coefficient (Wildman–Crippen LogP) is 4.12. The van der Waals surface area contributed by atoms with Gasteiger partial charge in [0.05, 0.1) is 6.61 Å². The van der Waals surface area contributed by atoms with Gasteiger partial charge in [-0.25, -0.2) is 0 Å². The van der Waals surface area contributed by atoms with Gasteiger partial charge < -0.3 is 9.84 Å². The molecule has 0 radical (unpaired) electrons. The molecule has 3 rings (SSSR count). The first kappa shape index (κ1) is 13.0. The van der Waals surface area contributed by atoms with Crippen LogP contribution in [0.4, 0.5) is 0 Å². The summed E-state index contributed by atoms with van der Waals surface area (Å²) in [5.41, 5.74) is 3.42. The molecule has 1 heterocycles. The summed E-state index contributed by atoms with van der Waals surface area (Å²) in [6, 6.07) is 14.2. The molecule has 104 valence electrons. The molecule has 1 atom stereocenters. The molecule has 2 nitrogen and oxygen atoms in total. The normalized spacial score (nSPS) is 17.1. The van der Waals surface area contributed by atoms with E-state index in [2.05, 4.69) is 38.1 Å². The van der Waals surface area contributed by atoms with Crippen LogP contribution in [-0.4, -0.2) is 11.7 Å². The zero-order valence-electron chi connectivity index (χ0n) is 12.0. The van der Waals surface area contributed by atoms with Gasteiger partial charge in [0.15, 0.2) is 0 Å². The zero-order valence-corrected chi connectivity index (χ0v) is 12.0. The van der Waals surface area contributed by atoms with Gasteiger partial charge in [0.25, 0.3) is 0 Å². The number of hydrogen-bond donors (Lipinski definition) is 1. The number of hydrogen-bond acceptors (Lipinski definition) is 2. The minimum atomic E-state index is 0.276. The molecule has 2 aromatic carbocycles. The lowest BCUT2D eigenvalue weighted by molar-refractivity contribution is 0.336. The summed E-state index contributed by atoms with van der Waals surface area (Å²) in [7, 11) is 0. The Morgan fingerprint density at radius 2 is 1.90 bits per heavy atom. The first-order valence-electron chi connectivity index (χ1n) is 7.19. The summed E-state index contributed by atoms with van der Waals surface area (Å²) in [5.74, 6) is 2.02. The third-order valence-electron chi connectivity index (χ3n) is 3.85. The van der Waals surface area contributed by atoms with Crippen LogP contribution in [-0.2, 0) is 6.42 Å². The van der Waals surface area contributed by atoms with Crippen LogP contribution in [0.3, 0.4) is 0 Å². The predicted molar refractivity (Wildman–Crippen MR) is 80.4 cm³/mol. The van der Waals surface area contributed by atoms with Crippen molar-refractivity contribution in [2.75, 3.05) is 6.61 Å². The Kier molecular flexibility index (Phi) is 3.39. The van der Waals surface area contributed by atoms with Gasteiger partial charge in [-0.05, 0) is 24.0 Å². The van der Waals surface area contributed by atoms with Crippen LogP contribution >= 0.6 is 0 Å². The Bertz CT molecular complexity index is 602. The number of aromatic hydroxyl groups is 1. The zero-order chi connectivity index (χ0) is 14.1. The van der Waals surface area contributed by atoms with Crippen LogP contribution in [0, 0.1) is 5.92 Å². The number of phenols is 1. The number of rotatable bonds is 3. The van der Waals surface area contributed by atoms with Crippen LogP contribution in [0.2, 0.25) is 0 Å². The van der Waals surface area contributed by atoms with E-state index in [1.54, 1.807) is 6.07 Å². The summed E-state index contributed by atoms with van der Waals surface area (Å²) in [4.78, 5) is 0. The largest absolute Gasteiger partial charge is 0.508 e. The smallest absolute Gasteiger partial charge is 0.130 e. The molecule has 0 amide bonds. The Morgan fingerprint density at radius 1 is 1.15 bits per heavy atom. The van der Waals surface area contributed by atoms with Crippen LogP contribution in [0.15, 0.2) is 42.5 Å². The molecule has 1 aliphatic rings. The fourth-order valence-corrected chi connectivity index (χ4v) is 2.90. The van der Waals surface area contributed by atoms with Crippen molar-refractivity contribution in [2.45, 2.75) is 26.2 Å². The molecular weight excluding hydrogens is 248 g/mol. The van der Waals surface area contributed by atoms with Crippen molar-refractivity contribution in [1.82, 2.24) is 0 Å². The second-order valence-corrected chi connectivity index (χ2v) is 5.85. The summed E-state index contributed by atoms with van der Waals surface area (Å²) in [5, 5.41) is 10.1. The molecule has 1 aliphatic heterocycles. The van der Waals surface area contributed by atoms with Crippen molar-refractivity contribution >= 4 is 0 Å². The number of fused-ring (bicyclic) bond motifs is 1. The van der Waals surface area contributed by atoms with Gasteiger partial charge >= 0.3 is 0 Å². The molecular formula is C18H20O2. The maximum absolute atomic E-state index is 10.1. The molecule has 20 heavy (non-hydrogen) atoms. The fourth-order valence-electron chi connectivity index (χ4n) is 2.90. The molecule has 2 heteroatoms. The van der Waals surface area contributed by atoms with Crippen molar-refractivity contribution in [3.8, 4) is 11.5 Å². The minimum Gasteiger partial charge on any atom is -0.508 e. The van der Waals surface area contributed by atoms with Crippen molar-refractivity contribution < 1.29 is 9.84 Å². The minimum absolute atomic E-state index is 0.276. The Hall–Kier alpha value is -1.96. The summed E-state index contributed by atoms with van der Waals surface area (Å²) in [6.07, 6.45) is 0.844. The molecule has 0 spiro atoms. The van der Waals surface area contributed by atoms with E-state index in [-0.39, 0.29) is 5.92 Å². The summed E-state index contributed by atoms with van der Waals surface area (Å²) < 4.78 is 5.92. The van der Waals surface area contributed by atoms with E-state index in [9.17, 15) is 5.11 Å². The molecule has 0 fully saturated rings. The molecule has 1 unspecified atom stereocenters. The van der Waals surface area contributed by atoms with Crippen LogP contribution in [0.5, 0.6) is 11.5 Å². The molecule has 1 N–H and O–H groups in total. The monoisotopic (exact) mass is 268 g/mol. The van der Waals surface area contributed by atoms with Crippen LogP contribution < -0.4 is 4.74 Å². The lowest BCUT2D eigenvalue weighted by Gasteiger charge is -2.13. The Labute approximate surface area is 120 Å². The number of benzene rings is 2. The fraction of sp³-hybridized carbons (Fsp3) is 0.333. The Balaban J connectivity index is 2.03. The molecule has 0 saturated carbocycles. The van der Waals surface area contributed by atoms with E-state index in [0.717, 1.165) is 17.7 Å². The quantitative estimate of drug-likeness (QED) is 0.907. The van der Waals surface area contributed by atoms with E-state index < -0.39 is 0 Å². The average Bonchev–Trinajstić information content (AvgIpc) is 2.87. The molecule has 0 bridgehead atoms. The lowest BCUT2D eigenvalue weighted by Crippen LogP contribution is -2.01. The van der Waals surface area contributed by atoms with Crippen molar-refractivity contribution in [3.63, 3.8) is 0 Å². The molecule has 0 aliphatic carbocycles. The van der Waals surface area contributed by atoms with Gasteiger partial charge in [-0.2, -0.15) is 0 Å². The highest BCUT2D eigenvalue weighted by Crippen LogP contribution is 2.44. The topological polar surface area (TPSA) is 29.5 Å².